The van der Waals surface area contributed by atoms with Crippen LogP contribution in [0.5, 0.6) is 0 Å². The normalized spacial score (nSPS) is 12.2. The molecular formula is C14H13BrClNO2. The molecule has 1 aromatic carbocycles. The maximum absolute atomic E-state index is 12.0. The second-order valence-electron chi connectivity index (χ2n) is 4.32. The van der Waals surface area contributed by atoms with Crippen LogP contribution in [0.2, 0.25) is 5.02 Å². The van der Waals surface area contributed by atoms with Gasteiger partial charge in [-0.2, -0.15) is 0 Å². The second-order valence-corrected chi connectivity index (χ2v) is 5.47. The molecule has 1 unspecified atom stereocenters. The van der Waals surface area contributed by atoms with Crippen LogP contribution in [0.25, 0.3) is 0 Å². The van der Waals surface area contributed by atoms with E-state index < -0.39 is 0 Å². The summed E-state index contributed by atoms with van der Waals surface area (Å²) in [5.74, 6) is -0.157. The van der Waals surface area contributed by atoms with Gasteiger partial charge in [-0.25, -0.2) is 0 Å². The standard InChI is InChI=1S/C14H13BrClNO2/c1-9(7-10-3-2-4-11(16)8-10)17-14(18)12-5-6-19-13(12)15/h2-6,8-9H,7H2,1H3,(H,17,18). The first-order valence-corrected chi connectivity index (χ1v) is 7.01. The van der Waals surface area contributed by atoms with E-state index in [9.17, 15) is 4.79 Å². The Balaban J connectivity index is 1.96. The third-order valence-electron chi connectivity index (χ3n) is 2.67. The van der Waals surface area contributed by atoms with Crippen molar-refractivity contribution in [2.45, 2.75) is 19.4 Å². The van der Waals surface area contributed by atoms with Crippen LogP contribution in [-0.2, 0) is 6.42 Å². The predicted molar refractivity (Wildman–Crippen MR) is 78.5 cm³/mol. The van der Waals surface area contributed by atoms with Gasteiger partial charge in [0, 0.05) is 11.1 Å². The molecule has 0 aliphatic carbocycles. The molecule has 1 aromatic heterocycles. The topological polar surface area (TPSA) is 42.2 Å². The van der Waals surface area contributed by atoms with Crippen molar-refractivity contribution in [3.63, 3.8) is 0 Å². The summed E-state index contributed by atoms with van der Waals surface area (Å²) in [6, 6.07) is 9.26. The number of furan rings is 1. The highest BCUT2D eigenvalue weighted by Gasteiger charge is 2.15. The largest absolute Gasteiger partial charge is 0.457 e. The SMILES string of the molecule is CC(Cc1cccc(Cl)c1)NC(=O)c1ccoc1Br. The van der Waals surface area contributed by atoms with Gasteiger partial charge in [0.05, 0.1) is 11.8 Å². The lowest BCUT2D eigenvalue weighted by atomic mass is 10.1. The van der Waals surface area contributed by atoms with Crippen molar-refractivity contribution in [3.05, 3.63) is 57.4 Å². The van der Waals surface area contributed by atoms with Crippen molar-refractivity contribution >= 4 is 33.4 Å². The maximum atomic E-state index is 12.0. The molecule has 0 bridgehead atoms. The average molecular weight is 343 g/mol. The fraction of sp³-hybridized carbons (Fsp3) is 0.214. The number of benzene rings is 1. The molecule has 0 spiro atoms. The van der Waals surface area contributed by atoms with Gasteiger partial charge in [-0.15, -0.1) is 0 Å². The van der Waals surface area contributed by atoms with E-state index in [-0.39, 0.29) is 11.9 Å². The van der Waals surface area contributed by atoms with Gasteiger partial charge in [0.1, 0.15) is 0 Å². The van der Waals surface area contributed by atoms with E-state index in [1.807, 2.05) is 31.2 Å². The molecule has 0 saturated carbocycles. The fourth-order valence-electron chi connectivity index (χ4n) is 1.83. The van der Waals surface area contributed by atoms with Crippen LogP contribution in [0, 0.1) is 0 Å². The van der Waals surface area contributed by atoms with E-state index in [4.69, 9.17) is 16.0 Å². The molecule has 0 aliphatic heterocycles. The number of nitrogens with one attached hydrogen (secondary N) is 1. The highest BCUT2D eigenvalue weighted by atomic mass is 79.9. The van der Waals surface area contributed by atoms with Crippen molar-refractivity contribution in [2.24, 2.45) is 0 Å². The van der Waals surface area contributed by atoms with Crippen LogP contribution in [0.3, 0.4) is 0 Å². The summed E-state index contributed by atoms with van der Waals surface area (Å²) in [6.07, 6.45) is 2.20. The number of halogens is 2. The molecule has 2 aromatic rings. The molecule has 0 aliphatic rings. The first kappa shape index (κ1) is 14.2. The van der Waals surface area contributed by atoms with Crippen LogP contribution in [0.15, 0.2) is 45.7 Å². The molecule has 0 radical (unpaired) electrons. The van der Waals surface area contributed by atoms with Gasteiger partial charge in [-0.1, -0.05) is 23.7 Å². The molecule has 1 N–H and O–H groups in total. The minimum absolute atomic E-state index is 0.00719. The molecule has 2 rings (SSSR count). The van der Waals surface area contributed by atoms with E-state index in [0.29, 0.717) is 15.3 Å². The summed E-state index contributed by atoms with van der Waals surface area (Å²) >= 11 is 9.12. The quantitative estimate of drug-likeness (QED) is 0.910. The first-order valence-electron chi connectivity index (χ1n) is 5.84. The van der Waals surface area contributed by atoms with Crippen molar-refractivity contribution in [1.29, 1.82) is 0 Å². The Hall–Kier alpha value is -1.26. The Kier molecular flexibility index (Phi) is 4.66. The molecule has 5 heteroatoms. The highest BCUT2D eigenvalue weighted by molar-refractivity contribution is 9.10. The summed E-state index contributed by atoms with van der Waals surface area (Å²) in [4.78, 5) is 12.0. The number of rotatable bonds is 4. The minimum Gasteiger partial charge on any atom is -0.457 e. The summed E-state index contributed by atoms with van der Waals surface area (Å²) in [5, 5.41) is 3.62. The van der Waals surface area contributed by atoms with Crippen molar-refractivity contribution in [2.75, 3.05) is 0 Å². The number of hydrogen-bond acceptors (Lipinski definition) is 2. The predicted octanol–water partition coefficient (Wildman–Crippen LogP) is 4.06. The van der Waals surface area contributed by atoms with E-state index in [0.717, 1.165) is 12.0 Å². The number of carbonyl (C=O) groups is 1. The van der Waals surface area contributed by atoms with Crippen molar-refractivity contribution < 1.29 is 9.21 Å². The van der Waals surface area contributed by atoms with Gasteiger partial charge in [-0.05, 0) is 53.0 Å². The molecule has 0 saturated heterocycles. The Labute approximate surface area is 125 Å². The summed E-state index contributed by atoms with van der Waals surface area (Å²) in [5.41, 5.74) is 1.59. The highest BCUT2D eigenvalue weighted by Crippen LogP contribution is 2.18. The van der Waals surface area contributed by atoms with Gasteiger partial charge >= 0.3 is 0 Å². The molecule has 100 valence electrons. The molecule has 19 heavy (non-hydrogen) atoms. The zero-order valence-corrected chi connectivity index (χ0v) is 12.7. The van der Waals surface area contributed by atoms with Crippen LogP contribution in [-0.4, -0.2) is 11.9 Å². The summed E-state index contributed by atoms with van der Waals surface area (Å²) in [6.45, 7) is 1.95. The monoisotopic (exact) mass is 341 g/mol. The zero-order chi connectivity index (χ0) is 13.8. The van der Waals surface area contributed by atoms with Gasteiger partial charge in [0.15, 0.2) is 4.67 Å². The first-order chi connectivity index (χ1) is 9.06. The van der Waals surface area contributed by atoms with Gasteiger partial charge in [0.25, 0.3) is 5.91 Å². The average Bonchev–Trinajstić information content (AvgIpc) is 2.75. The fourth-order valence-corrected chi connectivity index (χ4v) is 2.46. The molecule has 3 nitrogen and oxygen atoms in total. The maximum Gasteiger partial charge on any atom is 0.255 e. The van der Waals surface area contributed by atoms with Gasteiger partial charge in [0.2, 0.25) is 0 Å². The Bertz CT molecular complexity index is 582. The third kappa shape index (κ3) is 3.85. The zero-order valence-electron chi connectivity index (χ0n) is 10.3. The van der Waals surface area contributed by atoms with Crippen molar-refractivity contribution in [3.8, 4) is 0 Å². The lowest BCUT2D eigenvalue weighted by Crippen LogP contribution is -2.34. The summed E-state index contributed by atoms with van der Waals surface area (Å²) in [7, 11) is 0. The van der Waals surface area contributed by atoms with Crippen LogP contribution in [0.4, 0.5) is 0 Å². The summed E-state index contributed by atoms with van der Waals surface area (Å²) < 4.78 is 5.48. The van der Waals surface area contributed by atoms with Crippen LogP contribution >= 0.6 is 27.5 Å². The Morgan fingerprint density at radius 2 is 2.26 bits per heavy atom. The van der Waals surface area contributed by atoms with Crippen LogP contribution in [0.1, 0.15) is 22.8 Å². The van der Waals surface area contributed by atoms with Crippen molar-refractivity contribution in [1.82, 2.24) is 5.32 Å². The molecule has 1 heterocycles. The number of hydrogen-bond donors (Lipinski definition) is 1. The third-order valence-corrected chi connectivity index (χ3v) is 3.52. The lowest BCUT2D eigenvalue weighted by Gasteiger charge is -2.13. The molecule has 1 atom stereocenters. The molecule has 1 amide bonds. The van der Waals surface area contributed by atoms with E-state index in [2.05, 4.69) is 21.2 Å². The second kappa shape index (κ2) is 6.26. The number of carbonyl (C=O) groups excluding carboxylic acids is 1. The smallest absolute Gasteiger partial charge is 0.255 e. The Morgan fingerprint density at radius 3 is 2.89 bits per heavy atom. The van der Waals surface area contributed by atoms with E-state index in [1.165, 1.54) is 6.26 Å². The van der Waals surface area contributed by atoms with E-state index >= 15 is 0 Å². The van der Waals surface area contributed by atoms with Gasteiger partial charge < -0.3 is 9.73 Å². The van der Waals surface area contributed by atoms with Crippen LogP contribution < -0.4 is 5.32 Å². The van der Waals surface area contributed by atoms with Gasteiger partial charge in [-0.3, -0.25) is 4.79 Å². The molecule has 0 fully saturated rings. The molecular weight excluding hydrogens is 330 g/mol. The van der Waals surface area contributed by atoms with E-state index in [1.54, 1.807) is 6.07 Å². The lowest BCUT2D eigenvalue weighted by molar-refractivity contribution is 0.0938. The number of amides is 1. The Morgan fingerprint density at radius 1 is 1.47 bits per heavy atom. The minimum atomic E-state index is -0.157.